The highest BCUT2D eigenvalue weighted by Crippen LogP contribution is 2.46. The molecule has 0 saturated carbocycles. The number of anilines is 1. The van der Waals surface area contributed by atoms with Gasteiger partial charge in [0.25, 0.3) is 0 Å². The molecule has 4 atom stereocenters. The molecule has 0 amide bonds. The Kier molecular flexibility index (Phi) is 8.58. The molecule has 0 spiro atoms. The summed E-state index contributed by atoms with van der Waals surface area (Å²) in [5, 5.41) is 4.56. The van der Waals surface area contributed by atoms with E-state index in [2.05, 4.69) is 53.4 Å². The molecule has 1 unspecified atom stereocenters. The summed E-state index contributed by atoms with van der Waals surface area (Å²) in [7, 11) is 0. The van der Waals surface area contributed by atoms with Crippen molar-refractivity contribution in [3.05, 3.63) is 132 Å². The molecule has 0 aliphatic carbocycles. The maximum absolute atomic E-state index is 7.03. The number of nitrogens with two attached hydrogens (primary N) is 1. The van der Waals surface area contributed by atoms with Crippen LogP contribution in [0, 0.1) is 0 Å². The molecule has 8 heteroatoms. The van der Waals surface area contributed by atoms with Gasteiger partial charge in [0.2, 0.25) is 0 Å². The summed E-state index contributed by atoms with van der Waals surface area (Å²) in [6.45, 7) is 3.73. The quantitative estimate of drug-likeness (QED) is 0.208. The van der Waals surface area contributed by atoms with E-state index < -0.39 is 23.9 Å². The van der Waals surface area contributed by atoms with Gasteiger partial charge in [-0.2, -0.15) is 5.10 Å². The van der Waals surface area contributed by atoms with Gasteiger partial charge in [0.1, 0.15) is 35.8 Å². The summed E-state index contributed by atoms with van der Waals surface area (Å²) in [5.41, 5.74) is 10.1. The van der Waals surface area contributed by atoms with Crippen LogP contribution < -0.4 is 5.73 Å². The first-order valence-corrected chi connectivity index (χ1v) is 14.4. The molecule has 2 aromatic heterocycles. The van der Waals surface area contributed by atoms with Crippen molar-refractivity contribution in [2.24, 2.45) is 0 Å². The van der Waals surface area contributed by atoms with Gasteiger partial charge < -0.3 is 24.7 Å². The molecule has 1 fully saturated rings. The number of fused-ring (bicyclic) bond motifs is 1. The Balaban J connectivity index is 1.36. The lowest BCUT2D eigenvalue weighted by molar-refractivity contribution is -0.130. The summed E-state index contributed by atoms with van der Waals surface area (Å²) in [5.74, 6) is 0.405. The summed E-state index contributed by atoms with van der Waals surface area (Å²) in [6.07, 6.45) is 0.791. The zero-order valence-electron chi connectivity index (χ0n) is 23.7. The molecular formula is C34H36N4O4. The van der Waals surface area contributed by atoms with E-state index in [-0.39, 0.29) is 0 Å². The van der Waals surface area contributed by atoms with Crippen molar-refractivity contribution in [2.75, 3.05) is 12.3 Å². The van der Waals surface area contributed by atoms with Crippen LogP contribution in [0.1, 0.15) is 35.7 Å². The fraction of sp³-hybridized carbons (Fsp3) is 0.294. The first-order chi connectivity index (χ1) is 20.7. The normalized spacial score (nSPS) is 22.1. The maximum Gasteiger partial charge on any atom is 0.151 e. The average molecular weight is 565 g/mol. The van der Waals surface area contributed by atoms with Crippen molar-refractivity contribution in [3.63, 3.8) is 0 Å². The van der Waals surface area contributed by atoms with E-state index in [0.717, 1.165) is 27.9 Å². The van der Waals surface area contributed by atoms with Crippen molar-refractivity contribution in [3.8, 4) is 0 Å². The Morgan fingerprint density at radius 3 is 2.00 bits per heavy atom. The first kappa shape index (κ1) is 28.1. The molecule has 6 rings (SSSR count). The van der Waals surface area contributed by atoms with E-state index in [9.17, 15) is 0 Å². The van der Waals surface area contributed by atoms with Crippen LogP contribution in [0.15, 0.2) is 109 Å². The highest BCUT2D eigenvalue weighted by molar-refractivity contribution is 5.65. The molecule has 1 aliphatic heterocycles. The Labute approximate surface area is 246 Å². The number of aromatic nitrogens is 3. The molecular weight excluding hydrogens is 528 g/mol. The van der Waals surface area contributed by atoms with E-state index in [1.807, 2.05) is 71.2 Å². The van der Waals surface area contributed by atoms with Crippen molar-refractivity contribution in [1.29, 1.82) is 0 Å². The molecule has 1 saturated heterocycles. The standard InChI is InChI=1S/C34H36N4O4/c1-2-34(30-19-18-28-33(35)36-24-37-38(28)30)32(41-22-27-16-10-5-11-17-27)31(40-21-26-14-8-4-9-15-26)29(42-34)23-39-20-25-12-6-3-7-13-25/h3-19,24,29,31-32H,2,20-23H2,1H3,(H2,35,36,37)/t29-,31-,32-,34?/m1/s1. The van der Waals surface area contributed by atoms with Gasteiger partial charge in [-0.1, -0.05) is 97.9 Å². The second-order valence-electron chi connectivity index (χ2n) is 10.5. The average Bonchev–Trinajstić information content (AvgIpc) is 3.61. The molecule has 8 nitrogen and oxygen atoms in total. The SMILES string of the molecule is CCC1(c2ccc3c(N)ncnn23)O[C@H](COCc2ccccc2)[C@@H](OCc2ccccc2)[C@H]1OCc1ccccc1. The van der Waals surface area contributed by atoms with Crippen LogP contribution in [0.4, 0.5) is 5.82 Å². The highest BCUT2D eigenvalue weighted by Gasteiger charge is 2.58. The van der Waals surface area contributed by atoms with E-state index in [4.69, 9.17) is 24.7 Å². The smallest absolute Gasteiger partial charge is 0.151 e. The third-order valence-corrected chi connectivity index (χ3v) is 7.88. The maximum atomic E-state index is 7.03. The Morgan fingerprint density at radius 1 is 0.786 bits per heavy atom. The summed E-state index contributed by atoms with van der Waals surface area (Å²) in [6, 6.07) is 34.4. The number of nitrogens with zero attached hydrogens (tertiary/aromatic N) is 3. The lowest BCUT2D eigenvalue weighted by Crippen LogP contribution is -2.44. The second kappa shape index (κ2) is 12.8. The van der Waals surface area contributed by atoms with Gasteiger partial charge in [-0.05, 0) is 35.2 Å². The van der Waals surface area contributed by atoms with Gasteiger partial charge in [0.15, 0.2) is 5.82 Å². The molecule has 3 heterocycles. The third kappa shape index (κ3) is 5.80. The van der Waals surface area contributed by atoms with Crippen LogP contribution in [0.5, 0.6) is 0 Å². The van der Waals surface area contributed by atoms with E-state index in [1.165, 1.54) is 6.33 Å². The highest BCUT2D eigenvalue weighted by atomic mass is 16.6. The minimum Gasteiger partial charge on any atom is -0.382 e. The number of nitrogen functional groups attached to an aromatic ring is 1. The summed E-state index contributed by atoms with van der Waals surface area (Å²) < 4.78 is 28.6. The zero-order valence-corrected chi connectivity index (χ0v) is 23.7. The number of hydrogen-bond acceptors (Lipinski definition) is 7. The fourth-order valence-electron chi connectivity index (χ4n) is 5.76. The molecule has 0 bridgehead atoms. The second-order valence-corrected chi connectivity index (χ2v) is 10.5. The van der Waals surface area contributed by atoms with Crippen LogP contribution >= 0.6 is 0 Å². The predicted octanol–water partition coefficient (Wildman–Crippen LogP) is 5.70. The summed E-state index contributed by atoms with van der Waals surface area (Å²) >= 11 is 0. The van der Waals surface area contributed by atoms with Gasteiger partial charge in [0.05, 0.1) is 32.1 Å². The van der Waals surface area contributed by atoms with Gasteiger partial charge in [-0.25, -0.2) is 9.50 Å². The minimum absolute atomic E-state index is 0.335. The van der Waals surface area contributed by atoms with E-state index in [0.29, 0.717) is 38.7 Å². The van der Waals surface area contributed by atoms with Gasteiger partial charge in [0, 0.05) is 0 Å². The fourth-order valence-corrected chi connectivity index (χ4v) is 5.76. The zero-order chi connectivity index (χ0) is 28.8. The van der Waals surface area contributed by atoms with E-state index >= 15 is 0 Å². The van der Waals surface area contributed by atoms with Gasteiger partial charge in [-0.3, -0.25) is 0 Å². The Morgan fingerprint density at radius 2 is 1.38 bits per heavy atom. The van der Waals surface area contributed by atoms with Crippen molar-refractivity contribution >= 4 is 11.3 Å². The van der Waals surface area contributed by atoms with Crippen molar-refractivity contribution in [2.45, 2.75) is 57.1 Å². The largest absolute Gasteiger partial charge is 0.382 e. The predicted molar refractivity (Wildman–Crippen MR) is 160 cm³/mol. The third-order valence-electron chi connectivity index (χ3n) is 7.88. The first-order valence-electron chi connectivity index (χ1n) is 14.4. The van der Waals surface area contributed by atoms with Crippen LogP contribution in [0.3, 0.4) is 0 Å². The topological polar surface area (TPSA) is 93.1 Å². The molecule has 1 aliphatic rings. The number of ether oxygens (including phenoxy) is 4. The van der Waals surface area contributed by atoms with Crippen LogP contribution in [0.25, 0.3) is 5.52 Å². The van der Waals surface area contributed by atoms with Gasteiger partial charge >= 0.3 is 0 Å². The van der Waals surface area contributed by atoms with Crippen molar-refractivity contribution in [1.82, 2.24) is 14.6 Å². The van der Waals surface area contributed by atoms with E-state index in [1.54, 1.807) is 0 Å². The number of hydrogen-bond donors (Lipinski definition) is 1. The molecule has 3 aromatic carbocycles. The van der Waals surface area contributed by atoms with Crippen LogP contribution in [0.2, 0.25) is 0 Å². The Bertz CT molecular complexity index is 1560. The molecule has 5 aromatic rings. The Hall–Kier alpha value is -4.08. The van der Waals surface area contributed by atoms with Gasteiger partial charge in [-0.15, -0.1) is 0 Å². The number of rotatable bonds is 12. The van der Waals surface area contributed by atoms with Crippen LogP contribution in [-0.4, -0.2) is 39.5 Å². The molecule has 216 valence electrons. The van der Waals surface area contributed by atoms with Crippen LogP contribution in [-0.2, 0) is 44.4 Å². The lowest BCUT2D eigenvalue weighted by Gasteiger charge is -2.34. The monoisotopic (exact) mass is 564 g/mol. The molecule has 0 radical (unpaired) electrons. The number of benzene rings is 3. The minimum atomic E-state index is -0.885. The summed E-state index contributed by atoms with van der Waals surface area (Å²) in [4.78, 5) is 4.18. The molecule has 2 N–H and O–H groups in total. The molecule has 42 heavy (non-hydrogen) atoms. The lowest BCUT2D eigenvalue weighted by atomic mass is 9.88. The van der Waals surface area contributed by atoms with Crippen molar-refractivity contribution < 1.29 is 18.9 Å².